The molecule has 19 heavy (non-hydrogen) atoms. The molecular formula is C15H22O4. The summed E-state index contributed by atoms with van der Waals surface area (Å²) >= 11 is 0. The average Bonchev–Trinajstić information content (AvgIpc) is 2.62. The van der Waals surface area contributed by atoms with E-state index in [4.69, 9.17) is 4.74 Å². The molecule has 0 radical (unpaired) electrons. The molecule has 4 atom stereocenters. The Bertz CT molecular complexity index is 410. The molecule has 4 nitrogen and oxygen atoms in total. The molecule has 0 spiro atoms. The minimum Gasteiger partial charge on any atom is -0.393 e. The number of rotatable bonds is 4. The lowest BCUT2D eigenvalue weighted by molar-refractivity contribution is -0.169. The summed E-state index contributed by atoms with van der Waals surface area (Å²) in [5.41, 5.74) is 0. The van der Waals surface area contributed by atoms with Gasteiger partial charge in [-0.2, -0.15) is 0 Å². The molecule has 2 rings (SSSR count). The Morgan fingerprint density at radius 2 is 1.74 bits per heavy atom. The summed E-state index contributed by atoms with van der Waals surface area (Å²) in [4.78, 5) is 36.1. The van der Waals surface area contributed by atoms with E-state index in [1.807, 2.05) is 27.7 Å². The highest BCUT2D eigenvalue weighted by Gasteiger charge is 2.57. The van der Waals surface area contributed by atoms with Gasteiger partial charge in [0.25, 0.3) is 0 Å². The van der Waals surface area contributed by atoms with E-state index in [1.165, 1.54) is 0 Å². The Morgan fingerprint density at radius 1 is 1.16 bits per heavy atom. The van der Waals surface area contributed by atoms with Crippen LogP contribution in [0.3, 0.4) is 0 Å². The zero-order valence-corrected chi connectivity index (χ0v) is 12.0. The van der Waals surface area contributed by atoms with Gasteiger partial charge in [0.05, 0.1) is 11.8 Å². The Hall–Kier alpha value is -1.19. The van der Waals surface area contributed by atoms with Gasteiger partial charge in [-0.25, -0.2) is 0 Å². The molecule has 0 N–H and O–H groups in total. The third-order valence-electron chi connectivity index (χ3n) is 4.38. The van der Waals surface area contributed by atoms with Gasteiger partial charge in [-0.15, -0.1) is 0 Å². The van der Waals surface area contributed by atoms with Gasteiger partial charge in [0.15, 0.2) is 0 Å². The first-order chi connectivity index (χ1) is 8.82. The number of ketones is 1. The van der Waals surface area contributed by atoms with Crippen LogP contribution in [-0.2, 0) is 19.1 Å². The van der Waals surface area contributed by atoms with Crippen molar-refractivity contribution in [2.24, 2.45) is 35.5 Å². The fourth-order valence-electron chi connectivity index (χ4n) is 3.70. The van der Waals surface area contributed by atoms with Crippen molar-refractivity contribution in [1.82, 2.24) is 0 Å². The highest BCUT2D eigenvalue weighted by molar-refractivity contribution is 5.97. The molecule has 106 valence electrons. The second kappa shape index (κ2) is 5.06. The lowest BCUT2D eigenvalue weighted by Crippen LogP contribution is -2.32. The van der Waals surface area contributed by atoms with Crippen LogP contribution in [0.15, 0.2) is 0 Å². The van der Waals surface area contributed by atoms with Gasteiger partial charge < -0.3 is 4.74 Å². The van der Waals surface area contributed by atoms with Crippen molar-refractivity contribution in [3.05, 3.63) is 0 Å². The average molecular weight is 266 g/mol. The first kappa shape index (κ1) is 14.2. The van der Waals surface area contributed by atoms with Crippen molar-refractivity contribution in [2.45, 2.75) is 40.5 Å². The number of fused-ring (bicyclic) bond motifs is 2. The molecule has 4 heteroatoms. The number of cyclic esters (lactones) is 2. The maximum atomic E-state index is 12.4. The standard InChI is InChI=1S/C15H22O4/c1-7(2)5-11(16)13-10-6-9(12(13)8(3)4)14(17)19-15(10)18/h7-10,12-13H,5-6H2,1-4H3/t9-,10+,12+,13-/m1/s1. The molecule has 1 aliphatic heterocycles. The van der Waals surface area contributed by atoms with Gasteiger partial charge in [0, 0.05) is 12.3 Å². The van der Waals surface area contributed by atoms with Crippen LogP contribution in [0.4, 0.5) is 0 Å². The van der Waals surface area contributed by atoms with Crippen molar-refractivity contribution in [3.8, 4) is 0 Å². The summed E-state index contributed by atoms with van der Waals surface area (Å²) in [7, 11) is 0. The van der Waals surface area contributed by atoms with Crippen LogP contribution in [0.5, 0.6) is 0 Å². The molecule has 1 aliphatic carbocycles. The largest absolute Gasteiger partial charge is 0.393 e. The molecule has 0 amide bonds. The van der Waals surface area contributed by atoms with E-state index in [0.717, 1.165) is 0 Å². The normalized spacial score (nSPS) is 34.0. The maximum Gasteiger partial charge on any atom is 0.317 e. The van der Waals surface area contributed by atoms with Crippen LogP contribution in [0.1, 0.15) is 40.5 Å². The van der Waals surface area contributed by atoms with Gasteiger partial charge in [-0.1, -0.05) is 27.7 Å². The van der Waals surface area contributed by atoms with E-state index < -0.39 is 17.9 Å². The molecule has 2 aliphatic rings. The van der Waals surface area contributed by atoms with Crippen LogP contribution < -0.4 is 0 Å². The predicted molar refractivity (Wildman–Crippen MR) is 69.0 cm³/mol. The number of Topliss-reactive ketones (excluding diaryl/α,β-unsaturated/α-hetero) is 1. The number of carbonyl (C=O) groups excluding carboxylic acids is 3. The van der Waals surface area contributed by atoms with E-state index in [-0.39, 0.29) is 35.4 Å². The van der Waals surface area contributed by atoms with Crippen molar-refractivity contribution >= 4 is 17.7 Å². The van der Waals surface area contributed by atoms with E-state index in [0.29, 0.717) is 12.8 Å². The van der Waals surface area contributed by atoms with Crippen LogP contribution in [0.25, 0.3) is 0 Å². The molecular weight excluding hydrogens is 244 g/mol. The molecule has 1 saturated carbocycles. The topological polar surface area (TPSA) is 60.4 Å². The zero-order valence-electron chi connectivity index (χ0n) is 12.0. The van der Waals surface area contributed by atoms with E-state index in [2.05, 4.69) is 0 Å². The summed E-state index contributed by atoms with van der Waals surface area (Å²) in [5.74, 6) is -1.38. The molecule has 0 aromatic rings. The maximum absolute atomic E-state index is 12.4. The van der Waals surface area contributed by atoms with Crippen molar-refractivity contribution < 1.29 is 19.1 Å². The van der Waals surface area contributed by atoms with Gasteiger partial charge in [-0.3, -0.25) is 14.4 Å². The summed E-state index contributed by atoms with van der Waals surface area (Å²) in [6, 6.07) is 0. The van der Waals surface area contributed by atoms with E-state index >= 15 is 0 Å². The minimum absolute atomic E-state index is 0.0461. The molecule has 0 unspecified atom stereocenters. The van der Waals surface area contributed by atoms with Crippen molar-refractivity contribution in [3.63, 3.8) is 0 Å². The number of hydrogen-bond acceptors (Lipinski definition) is 4. The number of carbonyl (C=O) groups is 3. The second-order valence-electron chi connectivity index (χ2n) is 6.60. The van der Waals surface area contributed by atoms with Crippen LogP contribution in [0.2, 0.25) is 0 Å². The van der Waals surface area contributed by atoms with Gasteiger partial charge >= 0.3 is 11.9 Å². The zero-order chi connectivity index (χ0) is 14.3. The van der Waals surface area contributed by atoms with Gasteiger partial charge in [-0.05, 0) is 24.2 Å². The Labute approximate surface area is 113 Å². The summed E-state index contributed by atoms with van der Waals surface area (Å²) < 4.78 is 4.81. The third kappa shape index (κ3) is 2.45. The van der Waals surface area contributed by atoms with Crippen LogP contribution in [-0.4, -0.2) is 17.7 Å². The summed E-state index contributed by atoms with van der Waals surface area (Å²) in [6.45, 7) is 8.01. The van der Waals surface area contributed by atoms with E-state index in [1.54, 1.807) is 0 Å². The van der Waals surface area contributed by atoms with Crippen molar-refractivity contribution in [2.75, 3.05) is 0 Å². The monoisotopic (exact) mass is 266 g/mol. The minimum atomic E-state index is -0.494. The third-order valence-corrected chi connectivity index (χ3v) is 4.38. The Morgan fingerprint density at radius 3 is 2.26 bits per heavy atom. The van der Waals surface area contributed by atoms with Gasteiger partial charge in [0.2, 0.25) is 0 Å². The molecule has 1 saturated heterocycles. The lowest BCUT2D eigenvalue weighted by atomic mass is 9.76. The smallest absolute Gasteiger partial charge is 0.317 e. The molecule has 2 fully saturated rings. The van der Waals surface area contributed by atoms with Crippen molar-refractivity contribution in [1.29, 1.82) is 0 Å². The molecule has 0 aromatic carbocycles. The molecule has 1 heterocycles. The fourth-order valence-corrected chi connectivity index (χ4v) is 3.70. The van der Waals surface area contributed by atoms with Crippen LogP contribution >= 0.6 is 0 Å². The van der Waals surface area contributed by atoms with Gasteiger partial charge in [0.1, 0.15) is 5.78 Å². The predicted octanol–water partition coefficient (Wildman–Crippen LogP) is 2.21. The first-order valence-electron chi connectivity index (χ1n) is 7.11. The number of ether oxygens (including phenoxy) is 1. The number of esters is 2. The first-order valence-corrected chi connectivity index (χ1v) is 7.11. The number of hydrogen-bond donors (Lipinski definition) is 0. The highest BCUT2D eigenvalue weighted by Crippen LogP contribution is 2.50. The Kier molecular flexibility index (Phi) is 3.79. The second-order valence-corrected chi connectivity index (χ2v) is 6.60. The Balaban J connectivity index is 2.31. The molecule has 2 bridgehead atoms. The lowest BCUT2D eigenvalue weighted by Gasteiger charge is -2.25. The SMILES string of the molecule is CC(C)CC(=O)[C@@H]1[C@@H](C(C)C)[C@H]2C[C@@H]1C(=O)OC2=O. The summed E-state index contributed by atoms with van der Waals surface area (Å²) in [6.07, 6.45) is 0.966. The summed E-state index contributed by atoms with van der Waals surface area (Å²) in [5, 5.41) is 0. The fraction of sp³-hybridized carbons (Fsp3) is 0.800. The van der Waals surface area contributed by atoms with Crippen LogP contribution in [0, 0.1) is 35.5 Å². The van der Waals surface area contributed by atoms with E-state index in [9.17, 15) is 14.4 Å². The quantitative estimate of drug-likeness (QED) is 0.578. The highest BCUT2D eigenvalue weighted by atomic mass is 16.6. The molecule has 0 aromatic heterocycles.